The quantitative estimate of drug-likeness (QED) is 0.434. The summed E-state index contributed by atoms with van der Waals surface area (Å²) in [7, 11) is 3.26. The number of nitrogens with one attached hydrogen (secondary N) is 1. The van der Waals surface area contributed by atoms with Crippen LogP contribution in [-0.2, 0) is 29.4 Å². The molecule has 0 fully saturated rings. The molecule has 0 radical (unpaired) electrons. The molecule has 1 aliphatic carbocycles. The summed E-state index contributed by atoms with van der Waals surface area (Å²) in [5.41, 5.74) is 2.94. The summed E-state index contributed by atoms with van der Waals surface area (Å²) in [6, 6.07) is 1.72. The van der Waals surface area contributed by atoms with Gasteiger partial charge in [-0.2, -0.15) is 0 Å². The number of ether oxygens (including phenoxy) is 1. The number of rotatable bonds is 6. The molecule has 3 heterocycles. The molecule has 1 aliphatic rings. The summed E-state index contributed by atoms with van der Waals surface area (Å²) < 4.78 is 6.73. The number of thioether (sulfide) groups is 1. The van der Waals surface area contributed by atoms with E-state index in [1.165, 1.54) is 53.5 Å². The Morgan fingerprint density at radius 3 is 2.90 bits per heavy atom. The summed E-state index contributed by atoms with van der Waals surface area (Å²) in [6.07, 6.45) is 4.71. The van der Waals surface area contributed by atoms with Gasteiger partial charge in [-0.25, -0.2) is 4.79 Å². The van der Waals surface area contributed by atoms with Gasteiger partial charge in [-0.3, -0.25) is 4.79 Å². The van der Waals surface area contributed by atoms with Crippen LogP contribution in [0.25, 0.3) is 11.4 Å². The maximum absolute atomic E-state index is 12.5. The van der Waals surface area contributed by atoms with Crippen molar-refractivity contribution in [1.82, 2.24) is 14.8 Å². The fourth-order valence-electron chi connectivity index (χ4n) is 3.52. The van der Waals surface area contributed by atoms with Gasteiger partial charge in [-0.15, -0.1) is 32.9 Å². The fraction of sp³-hybridized carbons (Fsp3) is 0.400. The Hall–Kier alpha value is -2.17. The highest BCUT2D eigenvalue weighted by molar-refractivity contribution is 7.99. The third kappa shape index (κ3) is 4.17. The third-order valence-corrected chi connectivity index (χ3v) is 8.06. The second kappa shape index (κ2) is 8.91. The van der Waals surface area contributed by atoms with Crippen molar-refractivity contribution in [3.63, 3.8) is 0 Å². The van der Waals surface area contributed by atoms with Crippen LogP contribution in [0.2, 0.25) is 0 Å². The van der Waals surface area contributed by atoms with Gasteiger partial charge in [0.2, 0.25) is 5.91 Å². The van der Waals surface area contributed by atoms with Gasteiger partial charge in [0.25, 0.3) is 0 Å². The van der Waals surface area contributed by atoms with E-state index in [9.17, 15) is 9.59 Å². The second-order valence-corrected chi connectivity index (χ2v) is 10.2. The maximum atomic E-state index is 12.5. The SMILES string of the molecule is COC(=O)c1cc(C)sc1NC(=O)CSc1nnc(-c2csc3c2CCCC3)n1C. The number of fused-ring (bicyclic) bond motifs is 1. The monoisotopic (exact) mass is 462 g/mol. The van der Waals surface area contributed by atoms with Crippen molar-refractivity contribution in [3.05, 3.63) is 32.3 Å². The van der Waals surface area contributed by atoms with Gasteiger partial charge in [0.05, 0.1) is 18.4 Å². The molecule has 0 saturated carbocycles. The zero-order valence-corrected chi connectivity index (χ0v) is 19.4. The molecule has 0 aliphatic heterocycles. The van der Waals surface area contributed by atoms with Gasteiger partial charge in [0.1, 0.15) is 5.00 Å². The number of esters is 1. The van der Waals surface area contributed by atoms with Crippen LogP contribution in [0.4, 0.5) is 5.00 Å². The molecule has 3 aromatic heterocycles. The van der Waals surface area contributed by atoms with E-state index >= 15 is 0 Å². The summed E-state index contributed by atoms with van der Waals surface area (Å²) in [4.78, 5) is 26.7. The average molecular weight is 463 g/mol. The van der Waals surface area contributed by atoms with Crippen molar-refractivity contribution in [2.24, 2.45) is 7.05 Å². The van der Waals surface area contributed by atoms with Gasteiger partial charge < -0.3 is 14.6 Å². The molecule has 0 saturated heterocycles. The molecule has 30 heavy (non-hydrogen) atoms. The number of thiophene rings is 2. The molecule has 0 spiro atoms. The highest BCUT2D eigenvalue weighted by Crippen LogP contribution is 2.36. The Labute approximate surface area is 186 Å². The van der Waals surface area contributed by atoms with Gasteiger partial charge in [-0.1, -0.05) is 11.8 Å². The Balaban J connectivity index is 1.44. The molecule has 4 rings (SSSR count). The van der Waals surface area contributed by atoms with Gasteiger partial charge in [-0.05, 0) is 44.2 Å². The van der Waals surface area contributed by atoms with Crippen molar-refractivity contribution in [1.29, 1.82) is 0 Å². The van der Waals surface area contributed by atoms with E-state index in [-0.39, 0.29) is 11.7 Å². The molecule has 158 valence electrons. The summed E-state index contributed by atoms with van der Waals surface area (Å²) in [5.74, 6) is 0.355. The van der Waals surface area contributed by atoms with Gasteiger partial charge in [0.15, 0.2) is 11.0 Å². The number of methoxy groups -OCH3 is 1. The zero-order chi connectivity index (χ0) is 21.3. The smallest absolute Gasteiger partial charge is 0.340 e. The van der Waals surface area contributed by atoms with Crippen molar-refractivity contribution in [2.75, 3.05) is 18.2 Å². The predicted octanol–water partition coefficient (Wildman–Crippen LogP) is 4.31. The molecule has 0 aromatic carbocycles. The van der Waals surface area contributed by atoms with Crippen LogP contribution in [0.15, 0.2) is 16.6 Å². The van der Waals surface area contributed by atoms with Crippen LogP contribution in [0.3, 0.4) is 0 Å². The number of nitrogens with zero attached hydrogens (tertiary/aromatic N) is 3. The molecular weight excluding hydrogens is 440 g/mol. The summed E-state index contributed by atoms with van der Waals surface area (Å²) >= 11 is 4.48. The first-order valence-corrected chi connectivity index (χ1v) is 12.3. The number of carbonyl (C=O) groups excluding carboxylic acids is 2. The number of anilines is 1. The molecule has 1 amide bonds. The third-order valence-electron chi connectivity index (χ3n) is 4.98. The van der Waals surface area contributed by atoms with E-state index in [0.717, 1.165) is 29.1 Å². The number of aromatic nitrogens is 3. The van der Waals surface area contributed by atoms with E-state index in [1.54, 1.807) is 17.4 Å². The molecule has 10 heteroatoms. The first-order chi connectivity index (χ1) is 14.5. The maximum Gasteiger partial charge on any atom is 0.340 e. The lowest BCUT2D eigenvalue weighted by molar-refractivity contribution is -0.113. The number of amides is 1. The van der Waals surface area contributed by atoms with Gasteiger partial charge in [0, 0.05) is 27.7 Å². The predicted molar refractivity (Wildman–Crippen MR) is 121 cm³/mol. The molecule has 1 N–H and O–H groups in total. The molecule has 0 atom stereocenters. The summed E-state index contributed by atoms with van der Waals surface area (Å²) in [5, 5.41) is 14.9. The Morgan fingerprint density at radius 1 is 1.30 bits per heavy atom. The van der Waals surface area contributed by atoms with Crippen LogP contribution >= 0.6 is 34.4 Å². The van der Waals surface area contributed by atoms with E-state index in [1.807, 2.05) is 18.5 Å². The number of hydrogen-bond acceptors (Lipinski definition) is 8. The number of aryl methyl sites for hydroxylation is 2. The molecule has 0 unspecified atom stereocenters. The van der Waals surface area contributed by atoms with Crippen LogP contribution in [-0.4, -0.2) is 39.5 Å². The van der Waals surface area contributed by atoms with Gasteiger partial charge >= 0.3 is 5.97 Å². The van der Waals surface area contributed by atoms with Crippen molar-refractivity contribution in [3.8, 4) is 11.4 Å². The van der Waals surface area contributed by atoms with E-state index < -0.39 is 5.97 Å². The first-order valence-electron chi connectivity index (χ1n) is 9.58. The van der Waals surface area contributed by atoms with E-state index in [4.69, 9.17) is 4.74 Å². The van der Waals surface area contributed by atoms with Crippen LogP contribution in [0, 0.1) is 6.92 Å². The first kappa shape index (κ1) is 21.1. The zero-order valence-electron chi connectivity index (χ0n) is 17.0. The number of hydrogen-bond donors (Lipinski definition) is 1. The lowest BCUT2D eigenvalue weighted by atomic mass is 9.96. The number of carbonyl (C=O) groups is 2. The molecular formula is C20H22N4O3S3. The lowest BCUT2D eigenvalue weighted by Gasteiger charge is -2.12. The average Bonchev–Trinajstić information content (AvgIpc) is 3.42. The Kier molecular flexibility index (Phi) is 6.26. The fourth-order valence-corrected chi connectivity index (χ4v) is 6.27. The Bertz CT molecular complexity index is 1100. The highest BCUT2D eigenvalue weighted by atomic mass is 32.2. The molecule has 7 nitrogen and oxygen atoms in total. The minimum absolute atomic E-state index is 0.172. The highest BCUT2D eigenvalue weighted by Gasteiger charge is 2.22. The van der Waals surface area contributed by atoms with E-state index in [2.05, 4.69) is 20.9 Å². The largest absolute Gasteiger partial charge is 0.465 e. The van der Waals surface area contributed by atoms with Crippen molar-refractivity contribution in [2.45, 2.75) is 37.8 Å². The molecule has 3 aromatic rings. The van der Waals surface area contributed by atoms with Crippen molar-refractivity contribution >= 4 is 51.3 Å². The minimum Gasteiger partial charge on any atom is -0.465 e. The van der Waals surface area contributed by atoms with Crippen LogP contribution in [0.1, 0.15) is 38.5 Å². The molecule has 0 bridgehead atoms. The normalized spacial score (nSPS) is 13.2. The van der Waals surface area contributed by atoms with Crippen LogP contribution in [0.5, 0.6) is 0 Å². The van der Waals surface area contributed by atoms with Crippen molar-refractivity contribution < 1.29 is 14.3 Å². The van der Waals surface area contributed by atoms with Crippen LogP contribution < -0.4 is 5.32 Å². The topological polar surface area (TPSA) is 86.1 Å². The summed E-state index contributed by atoms with van der Waals surface area (Å²) in [6.45, 7) is 1.88. The second-order valence-electron chi connectivity index (χ2n) is 7.05. The minimum atomic E-state index is -0.459. The Morgan fingerprint density at radius 2 is 2.10 bits per heavy atom. The lowest BCUT2D eigenvalue weighted by Crippen LogP contribution is -2.16. The van der Waals surface area contributed by atoms with E-state index in [0.29, 0.717) is 15.7 Å². The standard InChI is InChI=1S/C20H22N4O3S3/c1-11-8-13(19(26)27-3)18(30-11)21-16(25)10-29-20-23-22-17(24(20)2)14-9-28-15-7-5-4-6-12(14)15/h8-9H,4-7,10H2,1-3H3,(H,21,25).